The molecule has 0 unspecified atom stereocenters. The van der Waals surface area contributed by atoms with E-state index >= 15 is 0 Å². The number of hydrogen-bond donors (Lipinski definition) is 0. The van der Waals surface area contributed by atoms with Crippen LogP contribution in [0.4, 0.5) is 0 Å². The molecule has 0 amide bonds. The van der Waals surface area contributed by atoms with Gasteiger partial charge in [0.1, 0.15) is 0 Å². The lowest BCUT2D eigenvalue weighted by Crippen LogP contribution is -2.04. The van der Waals surface area contributed by atoms with Crippen LogP contribution < -0.4 is 0 Å². The first-order chi connectivity index (χ1) is 36.6. The third-order valence-corrected chi connectivity index (χ3v) is 15.2. The van der Waals surface area contributed by atoms with Gasteiger partial charge < -0.3 is 18.3 Å². The molecule has 6 heteroatoms. The lowest BCUT2D eigenvalue weighted by atomic mass is 9.94. The molecule has 0 spiro atoms. The minimum atomic E-state index is 0.597. The zero-order chi connectivity index (χ0) is 49.0. The number of nitriles is 2. The number of nitrogens with zero attached hydrogens (tertiary/aromatic N) is 6. The molecule has 0 aliphatic rings. The first-order valence-corrected chi connectivity index (χ1v) is 24.9. The highest BCUT2D eigenvalue weighted by atomic mass is 15.0. The van der Waals surface area contributed by atoms with Gasteiger partial charge in [-0.25, -0.2) is 0 Å². The molecular weight excluding hydrogens is 901 g/mol. The Labute approximate surface area is 424 Å². The molecule has 0 saturated heterocycles. The number of fused-ring (bicyclic) bond motifs is 12. The molecule has 0 N–H and O–H groups in total. The Balaban J connectivity index is 1.04. The molecule has 342 valence electrons. The van der Waals surface area contributed by atoms with E-state index in [0.29, 0.717) is 11.1 Å². The fourth-order valence-corrected chi connectivity index (χ4v) is 12.0. The van der Waals surface area contributed by atoms with E-state index in [2.05, 4.69) is 249 Å². The zero-order valence-corrected chi connectivity index (χ0v) is 39.8. The van der Waals surface area contributed by atoms with Crippen LogP contribution in [0.1, 0.15) is 11.1 Å². The predicted molar refractivity (Wildman–Crippen MR) is 304 cm³/mol. The van der Waals surface area contributed by atoms with E-state index in [1.807, 2.05) is 24.3 Å². The molecule has 0 radical (unpaired) electrons. The maximum atomic E-state index is 9.98. The van der Waals surface area contributed by atoms with Crippen molar-refractivity contribution in [1.29, 1.82) is 10.5 Å². The predicted octanol–water partition coefficient (Wildman–Crippen LogP) is 17.2. The van der Waals surface area contributed by atoms with Crippen molar-refractivity contribution in [3.8, 4) is 57.1 Å². The number of hydrogen-bond acceptors (Lipinski definition) is 2. The Morgan fingerprint density at radius 1 is 0.243 bits per heavy atom. The van der Waals surface area contributed by atoms with Crippen LogP contribution in [0.2, 0.25) is 0 Å². The average molecular weight is 941 g/mol. The monoisotopic (exact) mass is 940 g/mol. The molecule has 74 heavy (non-hydrogen) atoms. The average Bonchev–Trinajstić information content (AvgIpc) is 4.20. The molecule has 15 aromatic rings. The summed E-state index contributed by atoms with van der Waals surface area (Å²) in [6.07, 6.45) is 0. The van der Waals surface area contributed by atoms with E-state index in [1.54, 1.807) is 0 Å². The summed E-state index contributed by atoms with van der Waals surface area (Å²) in [5.41, 5.74) is 18.3. The SMILES string of the molecule is N#Cc1ccc(-c2cc(-c3ccc(C#N)cc3)c(-n3c4ccccc4c4cc(-n5c6ccccc6c6ccccc65)ccc43)cc2-n2c3ccccc3c3cc(-n4c5ccccc5c5ccccc54)ccc32)cc1. The molecule has 0 bridgehead atoms. The molecule has 0 fully saturated rings. The fraction of sp³-hybridized carbons (Fsp3) is 0. The van der Waals surface area contributed by atoms with Crippen LogP contribution in [0.5, 0.6) is 0 Å². The van der Waals surface area contributed by atoms with Crippen LogP contribution in [-0.2, 0) is 0 Å². The van der Waals surface area contributed by atoms with Crippen LogP contribution in [0, 0.1) is 22.7 Å². The van der Waals surface area contributed by atoms with Gasteiger partial charge in [0.05, 0.1) is 78.8 Å². The van der Waals surface area contributed by atoms with Gasteiger partial charge in [0, 0.05) is 65.6 Å². The molecule has 0 aliphatic carbocycles. The third kappa shape index (κ3) is 6.04. The molecule has 4 heterocycles. The van der Waals surface area contributed by atoms with Crippen molar-refractivity contribution in [2.75, 3.05) is 0 Å². The summed E-state index contributed by atoms with van der Waals surface area (Å²) in [5.74, 6) is 0. The van der Waals surface area contributed by atoms with Crippen molar-refractivity contribution in [2.24, 2.45) is 0 Å². The van der Waals surface area contributed by atoms with Crippen molar-refractivity contribution < 1.29 is 0 Å². The van der Waals surface area contributed by atoms with Crippen LogP contribution in [0.3, 0.4) is 0 Å². The summed E-state index contributed by atoms with van der Waals surface area (Å²) >= 11 is 0. The maximum Gasteiger partial charge on any atom is 0.0991 e. The van der Waals surface area contributed by atoms with Gasteiger partial charge in [0.2, 0.25) is 0 Å². The van der Waals surface area contributed by atoms with Crippen molar-refractivity contribution in [3.63, 3.8) is 0 Å². The normalized spacial score (nSPS) is 11.8. The summed E-state index contributed by atoms with van der Waals surface area (Å²) in [4.78, 5) is 0. The van der Waals surface area contributed by atoms with E-state index < -0.39 is 0 Å². The molecule has 0 saturated carbocycles. The first kappa shape index (κ1) is 41.4. The topological polar surface area (TPSA) is 67.3 Å². The highest BCUT2D eigenvalue weighted by Crippen LogP contribution is 2.45. The second-order valence-corrected chi connectivity index (χ2v) is 19.1. The Hall–Kier alpha value is -10.4. The van der Waals surface area contributed by atoms with Gasteiger partial charge >= 0.3 is 0 Å². The number of para-hydroxylation sites is 6. The Morgan fingerprint density at radius 3 is 0.851 bits per heavy atom. The first-order valence-electron chi connectivity index (χ1n) is 24.9. The summed E-state index contributed by atoms with van der Waals surface area (Å²) in [5, 5.41) is 29.4. The summed E-state index contributed by atoms with van der Waals surface area (Å²) in [6.45, 7) is 0. The van der Waals surface area contributed by atoms with E-state index in [0.717, 1.165) is 111 Å². The van der Waals surface area contributed by atoms with Gasteiger partial charge in [-0.15, -0.1) is 0 Å². The molecule has 0 aliphatic heterocycles. The second kappa shape index (κ2) is 16.1. The summed E-state index contributed by atoms with van der Waals surface area (Å²) in [7, 11) is 0. The lowest BCUT2D eigenvalue weighted by Gasteiger charge is -2.21. The van der Waals surface area contributed by atoms with Crippen molar-refractivity contribution >= 4 is 87.2 Å². The largest absolute Gasteiger partial charge is 0.309 e. The quantitative estimate of drug-likeness (QED) is 0.167. The summed E-state index contributed by atoms with van der Waals surface area (Å²) < 4.78 is 9.62. The van der Waals surface area contributed by atoms with E-state index in [-0.39, 0.29) is 0 Å². The lowest BCUT2D eigenvalue weighted by molar-refractivity contribution is 1.13. The number of aromatic nitrogens is 4. The Morgan fingerprint density at radius 2 is 0.527 bits per heavy atom. The Kier molecular flexibility index (Phi) is 8.99. The van der Waals surface area contributed by atoms with Crippen LogP contribution >= 0.6 is 0 Å². The second-order valence-electron chi connectivity index (χ2n) is 19.1. The van der Waals surface area contributed by atoms with Crippen molar-refractivity contribution in [3.05, 3.63) is 254 Å². The van der Waals surface area contributed by atoms with Gasteiger partial charge in [-0.05, 0) is 120 Å². The molecule has 15 rings (SSSR count). The van der Waals surface area contributed by atoms with Gasteiger partial charge in [-0.3, -0.25) is 0 Å². The fourth-order valence-electron chi connectivity index (χ4n) is 12.0. The van der Waals surface area contributed by atoms with Gasteiger partial charge in [-0.2, -0.15) is 10.5 Å². The summed E-state index contributed by atoms with van der Waals surface area (Å²) in [6, 6.07) is 91.0. The maximum absolute atomic E-state index is 9.98. The molecule has 4 aromatic heterocycles. The van der Waals surface area contributed by atoms with Crippen LogP contribution in [0.25, 0.3) is 132 Å². The van der Waals surface area contributed by atoms with Crippen molar-refractivity contribution in [1.82, 2.24) is 18.3 Å². The van der Waals surface area contributed by atoms with Crippen LogP contribution in [0.15, 0.2) is 243 Å². The highest BCUT2D eigenvalue weighted by molar-refractivity contribution is 6.15. The highest BCUT2D eigenvalue weighted by Gasteiger charge is 2.24. The minimum absolute atomic E-state index is 0.597. The number of benzene rings is 11. The van der Waals surface area contributed by atoms with Crippen molar-refractivity contribution in [2.45, 2.75) is 0 Å². The molecule has 0 atom stereocenters. The van der Waals surface area contributed by atoms with Gasteiger partial charge in [0.25, 0.3) is 0 Å². The zero-order valence-electron chi connectivity index (χ0n) is 39.8. The molecular formula is C68H40N6. The van der Waals surface area contributed by atoms with E-state index in [1.165, 1.54) is 21.5 Å². The number of rotatable bonds is 6. The van der Waals surface area contributed by atoms with Gasteiger partial charge in [-0.1, -0.05) is 133 Å². The Bertz CT molecular complexity index is 4490. The third-order valence-electron chi connectivity index (χ3n) is 15.2. The standard InChI is InChI=1S/C68H40N6/c69-41-43-25-29-45(30-26-43)55-39-56(46-31-27-44(42-70)28-32-46)68(74-64-24-12-6-18-54(64)58-38-48(34-36-66(58)74)72-61-21-9-3-15-51(61)52-16-4-10-22-62(52)72)40-67(55)73-63-23-11-5-17-53(63)57-37-47(33-35-65(57)73)71-59-19-7-1-13-49(59)50-14-2-8-20-60(50)71/h1-40H. The smallest absolute Gasteiger partial charge is 0.0991 e. The molecule has 11 aromatic carbocycles. The molecule has 6 nitrogen and oxygen atoms in total. The van der Waals surface area contributed by atoms with E-state index in [9.17, 15) is 10.5 Å². The van der Waals surface area contributed by atoms with Gasteiger partial charge in [0.15, 0.2) is 0 Å². The minimum Gasteiger partial charge on any atom is -0.309 e. The van der Waals surface area contributed by atoms with E-state index in [4.69, 9.17) is 0 Å². The van der Waals surface area contributed by atoms with Crippen LogP contribution in [-0.4, -0.2) is 18.3 Å².